The zero-order chi connectivity index (χ0) is 21.8. The third kappa shape index (κ3) is 9.16. The molecular weight excluding hydrogens is 503 g/mol. The normalized spacial score (nSPS) is 11.8. The summed E-state index contributed by atoms with van der Waals surface area (Å²) in [6.07, 6.45) is 0.903. The highest BCUT2D eigenvalue weighted by Crippen LogP contribution is 2.17. The van der Waals surface area contributed by atoms with Gasteiger partial charge in [-0.25, -0.2) is 4.99 Å². The van der Waals surface area contributed by atoms with Gasteiger partial charge in [0, 0.05) is 30.3 Å². The van der Waals surface area contributed by atoms with Gasteiger partial charge in [-0.1, -0.05) is 37.3 Å². The first kappa shape index (κ1) is 26.7. The van der Waals surface area contributed by atoms with Crippen LogP contribution >= 0.6 is 24.0 Å². The molecule has 6 nitrogen and oxygen atoms in total. The van der Waals surface area contributed by atoms with Crippen molar-refractivity contribution in [2.75, 3.05) is 13.2 Å². The Morgan fingerprint density at radius 3 is 2.55 bits per heavy atom. The number of nitrogens with one attached hydrogen (secondary N) is 3. The molecule has 0 radical (unpaired) electrons. The fourth-order valence-electron chi connectivity index (χ4n) is 2.86. The van der Waals surface area contributed by atoms with Crippen LogP contribution < -0.4 is 20.7 Å². The highest BCUT2D eigenvalue weighted by atomic mass is 127. The van der Waals surface area contributed by atoms with E-state index >= 15 is 0 Å². The van der Waals surface area contributed by atoms with E-state index in [1.807, 2.05) is 69.3 Å². The number of carbonyl (C=O) groups is 1. The molecule has 0 aliphatic rings. The number of ether oxygens (including phenoxy) is 1. The van der Waals surface area contributed by atoms with Crippen molar-refractivity contribution >= 4 is 35.8 Å². The second-order valence-electron chi connectivity index (χ2n) is 7.07. The van der Waals surface area contributed by atoms with Crippen LogP contribution in [0.2, 0.25) is 0 Å². The largest absolute Gasteiger partial charge is 0.494 e. The summed E-state index contributed by atoms with van der Waals surface area (Å²) in [5.74, 6) is 1.55. The maximum absolute atomic E-state index is 12.4. The fraction of sp³-hybridized carbons (Fsp3) is 0.417. The van der Waals surface area contributed by atoms with Gasteiger partial charge in [0.2, 0.25) is 0 Å². The molecule has 0 spiro atoms. The number of guanidine groups is 1. The van der Waals surface area contributed by atoms with E-state index in [9.17, 15) is 4.79 Å². The SMILES string of the molecule is CCNC(=NCc1cccc(C(=O)NC(C)CC)c1)NCc1ccccc1OCC.I. The first-order chi connectivity index (χ1) is 14.6. The summed E-state index contributed by atoms with van der Waals surface area (Å²) in [6, 6.07) is 15.8. The van der Waals surface area contributed by atoms with Gasteiger partial charge < -0.3 is 20.7 Å². The van der Waals surface area contributed by atoms with Gasteiger partial charge in [-0.05, 0) is 51.0 Å². The maximum Gasteiger partial charge on any atom is 0.251 e. The Labute approximate surface area is 203 Å². The minimum Gasteiger partial charge on any atom is -0.494 e. The van der Waals surface area contributed by atoms with Crippen molar-refractivity contribution in [1.29, 1.82) is 0 Å². The zero-order valence-corrected chi connectivity index (χ0v) is 21.2. The van der Waals surface area contributed by atoms with E-state index in [-0.39, 0.29) is 35.9 Å². The van der Waals surface area contributed by atoms with Crippen molar-refractivity contribution in [3.8, 4) is 5.75 Å². The van der Waals surface area contributed by atoms with Crippen molar-refractivity contribution in [3.63, 3.8) is 0 Å². The molecule has 0 bridgehead atoms. The number of hydrogen-bond donors (Lipinski definition) is 3. The minimum atomic E-state index is -0.0484. The van der Waals surface area contributed by atoms with E-state index in [2.05, 4.69) is 27.9 Å². The maximum atomic E-state index is 12.4. The van der Waals surface area contributed by atoms with Crippen LogP contribution in [-0.4, -0.2) is 31.1 Å². The lowest BCUT2D eigenvalue weighted by Gasteiger charge is -2.14. The highest BCUT2D eigenvalue weighted by molar-refractivity contribution is 14.0. The second kappa shape index (κ2) is 14.7. The van der Waals surface area contributed by atoms with Crippen LogP contribution in [0.4, 0.5) is 0 Å². The van der Waals surface area contributed by atoms with Crippen molar-refractivity contribution in [2.24, 2.45) is 4.99 Å². The molecule has 2 aromatic carbocycles. The minimum absolute atomic E-state index is 0. The number of hydrogen-bond acceptors (Lipinski definition) is 3. The number of halogens is 1. The predicted molar refractivity (Wildman–Crippen MR) is 138 cm³/mol. The van der Waals surface area contributed by atoms with Crippen LogP contribution in [-0.2, 0) is 13.1 Å². The third-order valence-corrected chi connectivity index (χ3v) is 4.66. The summed E-state index contributed by atoms with van der Waals surface area (Å²) in [7, 11) is 0. The number of amides is 1. The Morgan fingerprint density at radius 2 is 1.84 bits per heavy atom. The van der Waals surface area contributed by atoms with Gasteiger partial charge >= 0.3 is 0 Å². The molecule has 1 amide bonds. The van der Waals surface area contributed by atoms with Crippen LogP contribution in [0.3, 0.4) is 0 Å². The second-order valence-corrected chi connectivity index (χ2v) is 7.07. The Bertz CT molecular complexity index is 842. The van der Waals surface area contributed by atoms with Crippen molar-refractivity contribution in [3.05, 3.63) is 65.2 Å². The molecule has 0 aliphatic heterocycles. The number of benzene rings is 2. The Kier molecular flexibility index (Phi) is 12.7. The smallest absolute Gasteiger partial charge is 0.251 e. The van der Waals surface area contributed by atoms with E-state index in [0.717, 1.165) is 35.8 Å². The average Bonchev–Trinajstić information content (AvgIpc) is 2.76. The molecule has 0 aromatic heterocycles. The molecule has 2 aromatic rings. The fourth-order valence-corrected chi connectivity index (χ4v) is 2.86. The first-order valence-electron chi connectivity index (χ1n) is 10.7. The topological polar surface area (TPSA) is 74.8 Å². The summed E-state index contributed by atoms with van der Waals surface area (Å²) < 4.78 is 5.69. The molecule has 3 N–H and O–H groups in total. The molecule has 0 aliphatic carbocycles. The monoisotopic (exact) mass is 538 g/mol. The average molecular weight is 538 g/mol. The van der Waals surface area contributed by atoms with E-state index in [4.69, 9.17) is 4.74 Å². The quantitative estimate of drug-likeness (QED) is 0.237. The number of aliphatic imine (C=N–C) groups is 1. The Morgan fingerprint density at radius 1 is 1.06 bits per heavy atom. The van der Waals surface area contributed by atoms with Gasteiger partial charge in [0.25, 0.3) is 5.91 Å². The van der Waals surface area contributed by atoms with E-state index in [1.54, 1.807) is 0 Å². The predicted octanol–water partition coefficient (Wildman–Crippen LogP) is 4.49. The summed E-state index contributed by atoms with van der Waals surface area (Å²) >= 11 is 0. The summed E-state index contributed by atoms with van der Waals surface area (Å²) in [5, 5.41) is 9.62. The van der Waals surface area contributed by atoms with Crippen LogP contribution in [0.1, 0.15) is 55.6 Å². The van der Waals surface area contributed by atoms with Gasteiger partial charge in [-0.2, -0.15) is 0 Å². The van der Waals surface area contributed by atoms with Gasteiger partial charge in [0.1, 0.15) is 5.75 Å². The lowest BCUT2D eigenvalue weighted by atomic mass is 10.1. The number of nitrogens with zero attached hydrogens (tertiary/aromatic N) is 1. The van der Waals surface area contributed by atoms with Crippen LogP contribution in [0.15, 0.2) is 53.5 Å². The summed E-state index contributed by atoms with van der Waals surface area (Å²) in [5.41, 5.74) is 2.72. The number of rotatable bonds is 10. The summed E-state index contributed by atoms with van der Waals surface area (Å²) in [6.45, 7) is 10.6. The Hall–Kier alpha value is -2.29. The van der Waals surface area contributed by atoms with Crippen LogP contribution in [0, 0.1) is 0 Å². The molecule has 170 valence electrons. The molecular formula is C24H35IN4O2. The van der Waals surface area contributed by atoms with Crippen LogP contribution in [0.5, 0.6) is 5.75 Å². The van der Waals surface area contributed by atoms with Gasteiger partial charge in [-0.15, -0.1) is 24.0 Å². The molecule has 0 heterocycles. The summed E-state index contributed by atoms with van der Waals surface area (Å²) in [4.78, 5) is 17.0. The number of carbonyl (C=O) groups excluding carboxylic acids is 1. The van der Waals surface area contributed by atoms with Gasteiger partial charge in [0.05, 0.1) is 13.2 Å². The van der Waals surface area contributed by atoms with Crippen molar-refractivity contribution in [2.45, 2.75) is 53.2 Å². The molecule has 7 heteroatoms. The molecule has 0 fully saturated rings. The number of para-hydroxylation sites is 1. The van der Waals surface area contributed by atoms with Crippen molar-refractivity contribution < 1.29 is 9.53 Å². The third-order valence-electron chi connectivity index (χ3n) is 4.66. The molecule has 31 heavy (non-hydrogen) atoms. The van der Waals surface area contributed by atoms with Crippen molar-refractivity contribution in [1.82, 2.24) is 16.0 Å². The molecule has 2 rings (SSSR count). The van der Waals surface area contributed by atoms with Gasteiger partial charge in [0.15, 0.2) is 5.96 Å². The van der Waals surface area contributed by atoms with E-state index < -0.39 is 0 Å². The lowest BCUT2D eigenvalue weighted by molar-refractivity contribution is 0.0939. The first-order valence-corrected chi connectivity index (χ1v) is 10.7. The lowest BCUT2D eigenvalue weighted by Crippen LogP contribution is -2.36. The highest BCUT2D eigenvalue weighted by Gasteiger charge is 2.09. The van der Waals surface area contributed by atoms with Crippen LogP contribution in [0.25, 0.3) is 0 Å². The molecule has 0 saturated heterocycles. The molecule has 1 unspecified atom stereocenters. The van der Waals surface area contributed by atoms with E-state index in [1.165, 1.54) is 0 Å². The molecule has 0 saturated carbocycles. The van der Waals surface area contributed by atoms with Gasteiger partial charge in [-0.3, -0.25) is 4.79 Å². The molecule has 1 atom stereocenters. The zero-order valence-electron chi connectivity index (χ0n) is 18.9. The standard InChI is InChI=1S/C24H34N4O2.HI/c1-5-18(4)28-23(29)20-13-10-11-19(15-20)16-26-24(25-6-2)27-17-21-12-8-9-14-22(21)30-7-3;/h8-15,18H,5-7,16-17H2,1-4H3,(H,28,29)(H2,25,26,27);1H. The van der Waals surface area contributed by atoms with E-state index in [0.29, 0.717) is 25.3 Å². The Balaban J connectivity index is 0.00000480.